The topological polar surface area (TPSA) is 131 Å². The molecule has 0 saturated heterocycles. The minimum atomic E-state index is -3.37. The predicted octanol–water partition coefficient (Wildman–Crippen LogP) is 1.91. The Morgan fingerprint density at radius 2 is 2.07 bits per heavy atom. The number of hydrogen-bond acceptors (Lipinski definition) is 8. The number of fused-ring (bicyclic) bond motifs is 1. The number of aromatic nitrogens is 3. The first kappa shape index (κ1) is 20.2. The van der Waals surface area contributed by atoms with Crippen LogP contribution in [0.25, 0.3) is 10.2 Å². The number of H-pyrrole nitrogens is 1. The van der Waals surface area contributed by atoms with Crippen molar-refractivity contribution in [3.63, 3.8) is 0 Å². The first-order chi connectivity index (χ1) is 14.2. The fourth-order valence-electron chi connectivity index (χ4n) is 2.73. The van der Waals surface area contributed by atoms with Crippen molar-refractivity contribution in [2.75, 3.05) is 11.6 Å². The van der Waals surface area contributed by atoms with Gasteiger partial charge in [0.1, 0.15) is 5.56 Å². The van der Waals surface area contributed by atoms with E-state index in [0.29, 0.717) is 10.2 Å². The molecule has 1 aromatic carbocycles. The maximum absolute atomic E-state index is 12.7. The normalized spacial score (nSPS) is 11.6. The number of hydrogen-bond donors (Lipinski definition) is 2. The highest BCUT2D eigenvalue weighted by Gasteiger charge is 2.18. The monoisotopic (exact) mass is 462 g/mol. The minimum absolute atomic E-state index is 0.0579. The van der Waals surface area contributed by atoms with Crippen LogP contribution < -0.4 is 16.6 Å². The Balaban J connectivity index is 1.64. The molecule has 3 aromatic heterocycles. The van der Waals surface area contributed by atoms with Gasteiger partial charge in [0, 0.05) is 17.3 Å². The van der Waals surface area contributed by atoms with E-state index < -0.39 is 27.0 Å². The van der Waals surface area contributed by atoms with E-state index >= 15 is 0 Å². The summed E-state index contributed by atoms with van der Waals surface area (Å²) in [4.78, 5) is 45.0. The summed E-state index contributed by atoms with van der Waals surface area (Å²) >= 11 is 2.47. The number of benzene rings is 1. The molecule has 154 valence electrons. The lowest BCUT2D eigenvalue weighted by Crippen LogP contribution is -2.39. The molecule has 4 aromatic rings. The van der Waals surface area contributed by atoms with Gasteiger partial charge in [-0.05, 0) is 29.6 Å². The molecule has 9 nitrogen and oxygen atoms in total. The highest BCUT2D eigenvalue weighted by atomic mass is 32.2. The maximum atomic E-state index is 12.7. The highest BCUT2D eigenvalue weighted by molar-refractivity contribution is 7.90. The molecule has 0 aliphatic heterocycles. The number of rotatable bonds is 5. The quantitative estimate of drug-likeness (QED) is 0.466. The van der Waals surface area contributed by atoms with Crippen LogP contribution in [0.5, 0.6) is 0 Å². The third-order valence-corrected chi connectivity index (χ3v) is 7.11. The van der Waals surface area contributed by atoms with Gasteiger partial charge < -0.3 is 4.98 Å². The summed E-state index contributed by atoms with van der Waals surface area (Å²) in [6.45, 7) is 0.0579. The van der Waals surface area contributed by atoms with Gasteiger partial charge in [0.05, 0.1) is 21.7 Å². The average Bonchev–Trinajstić information content (AvgIpc) is 3.32. The molecule has 0 atom stereocenters. The van der Waals surface area contributed by atoms with E-state index in [0.717, 1.165) is 33.2 Å². The number of anilines is 1. The number of carbonyl (C=O) groups excluding carboxylic acids is 1. The molecule has 12 heteroatoms. The van der Waals surface area contributed by atoms with E-state index in [1.54, 1.807) is 18.2 Å². The van der Waals surface area contributed by atoms with E-state index in [1.807, 2.05) is 5.38 Å². The molecule has 0 aliphatic rings. The summed E-state index contributed by atoms with van der Waals surface area (Å²) in [6.07, 6.45) is 2.18. The lowest BCUT2D eigenvalue weighted by Gasteiger charge is -2.05. The summed E-state index contributed by atoms with van der Waals surface area (Å²) in [7, 11) is -3.37. The lowest BCUT2D eigenvalue weighted by atomic mass is 10.3. The van der Waals surface area contributed by atoms with Crippen LogP contribution in [-0.2, 0) is 16.4 Å². The van der Waals surface area contributed by atoms with Crippen molar-refractivity contribution >= 4 is 53.8 Å². The molecule has 0 unspecified atom stereocenters. The van der Waals surface area contributed by atoms with Gasteiger partial charge in [0.25, 0.3) is 11.5 Å². The Morgan fingerprint density at radius 3 is 2.77 bits per heavy atom. The van der Waals surface area contributed by atoms with E-state index in [4.69, 9.17) is 0 Å². The number of thiazole rings is 1. The zero-order valence-corrected chi connectivity index (χ0v) is 17.9. The summed E-state index contributed by atoms with van der Waals surface area (Å²) in [5.41, 5.74) is -1.05. The fraction of sp³-hybridized carbons (Fsp3) is 0.111. The number of thiophene rings is 1. The molecule has 0 radical (unpaired) electrons. The van der Waals surface area contributed by atoms with Gasteiger partial charge in [0.15, 0.2) is 15.0 Å². The Labute approximate surface area is 177 Å². The Bertz CT molecular complexity index is 1480. The molecular formula is C18H14N4O5S3. The Morgan fingerprint density at radius 1 is 1.27 bits per heavy atom. The molecule has 3 heterocycles. The average molecular weight is 463 g/mol. The minimum Gasteiger partial charge on any atom is -0.313 e. The second-order valence-corrected chi connectivity index (χ2v) is 10.4. The van der Waals surface area contributed by atoms with E-state index in [-0.39, 0.29) is 22.1 Å². The zero-order chi connectivity index (χ0) is 21.5. The van der Waals surface area contributed by atoms with Crippen LogP contribution in [0.3, 0.4) is 0 Å². The van der Waals surface area contributed by atoms with Crippen molar-refractivity contribution in [1.82, 2.24) is 14.5 Å². The Hall–Kier alpha value is -3.09. The molecule has 0 spiro atoms. The van der Waals surface area contributed by atoms with Crippen LogP contribution in [-0.4, -0.2) is 35.1 Å². The van der Waals surface area contributed by atoms with Crippen LogP contribution in [0.2, 0.25) is 0 Å². The van der Waals surface area contributed by atoms with Gasteiger partial charge in [-0.1, -0.05) is 17.4 Å². The van der Waals surface area contributed by atoms with Crippen molar-refractivity contribution in [2.45, 2.75) is 11.4 Å². The largest absolute Gasteiger partial charge is 0.328 e. The van der Waals surface area contributed by atoms with Crippen LogP contribution in [0, 0.1) is 0 Å². The number of sulfone groups is 1. The van der Waals surface area contributed by atoms with E-state index in [1.165, 1.54) is 23.5 Å². The van der Waals surface area contributed by atoms with Crippen molar-refractivity contribution in [2.24, 2.45) is 0 Å². The summed E-state index contributed by atoms with van der Waals surface area (Å²) in [5, 5.41) is 4.57. The molecule has 30 heavy (non-hydrogen) atoms. The van der Waals surface area contributed by atoms with Crippen LogP contribution in [0.1, 0.15) is 15.2 Å². The van der Waals surface area contributed by atoms with Gasteiger partial charge in [-0.2, -0.15) is 0 Å². The second-order valence-electron chi connectivity index (χ2n) is 6.35. The third kappa shape index (κ3) is 3.97. The SMILES string of the molecule is CS(=O)(=O)c1ccc2nc(NC(=O)c3c[nH]c(=O)n(Cc4cccs4)c3=O)sc2c1. The van der Waals surface area contributed by atoms with Gasteiger partial charge >= 0.3 is 5.69 Å². The number of aromatic amines is 1. The van der Waals surface area contributed by atoms with Gasteiger partial charge in [-0.25, -0.2) is 18.2 Å². The molecule has 0 aliphatic carbocycles. The first-order valence-corrected chi connectivity index (χ1v) is 12.1. The zero-order valence-electron chi connectivity index (χ0n) is 15.4. The highest BCUT2D eigenvalue weighted by Crippen LogP contribution is 2.28. The summed E-state index contributed by atoms with van der Waals surface area (Å²) in [5.74, 6) is -0.724. The van der Waals surface area contributed by atoms with Crippen molar-refractivity contribution in [1.29, 1.82) is 0 Å². The summed E-state index contributed by atoms with van der Waals surface area (Å²) in [6, 6.07) is 8.05. The predicted molar refractivity (Wildman–Crippen MR) is 115 cm³/mol. The molecule has 0 bridgehead atoms. The van der Waals surface area contributed by atoms with E-state index in [9.17, 15) is 22.8 Å². The van der Waals surface area contributed by atoms with Gasteiger partial charge in [0.2, 0.25) is 0 Å². The second kappa shape index (κ2) is 7.63. The van der Waals surface area contributed by atoms with Crippen molar-refractivity contribution in [3.05, 3.63) is 73.2 Å². The van der Waals surface area contributed by atoms with Gasteiger partial charge in [-0.3, -0.25) is 19.5 Å². The number of nitrogens with one attached hydrogen (secondary N) is 2. The fourth-order valence-corrected chi connectivity index (χ4v) is 5.04. The number of amides is 1. The molecule has 1 amide bonds. The Kier molecular flexibility index (Phi) is 5.13. The third-order valence-electron chi connectivity index (χ3n) is 4.21. The van der Waals surface area contributed by atoms with Crippen molar-refractivity contribution in [3.8, 4) is 0 Å². The van der Waals surface area contributed by atoms with Crippen LogP contribution in [0.4, 0.5) is 5.13 Å². The smallest absolute Gasteiger partial charge is 0.313 e. The number of carbonyl (C=O) groups is 1. The lowest BCUT2D eigenvalue weighted by molar-refractivity contribution is 0.102. The molecule has 0 fully saturated rings. The van der Waals surface area contributed by atoms with Crippen LogP contribution in [0.15, 0.2) is 56.4 Å². The maximum Gasteiger partial charge on any atom is 0.328 e. The van der Waals surface area contributed by atoms with Gasteiger partial charge in [-0.15, -0.1) is 11.3 Å². The first-order valence-electron chi connectivity index (χ1n) is 8.49. The van der Waals surface area contributed by atoms with Crippen molar-refractivity contribution < 1.29 is 13.2 Å². The number of nitrogens with zero attached hydrogens (tertiary/aromatic N) is 2. The molecule has 2 N–H and O–H groups in total. The van der Waals surface area contributed by atoms with Crippen LogP contribution >= 0.6 is 22.7 Å². The molecular weight excluding hydrogens is 448 g/mol. The molecule has 0 saturated carbocycles. The van der Waals surface area contributed by atoms with E-state index in [2.05, 4.69) is 15.3 Å². The summed E-state index contributed by atoms with van der Waals surface area (Å²) < 4.78 is 24.9. The molecule has 4 rings (SSSR count). The standard InChI is InChI=1S/C18H14N4O5S3/c1-30(26,27)11-4-5-13-14(7-11)29-17(20-13)21-15(23)12-8-19-18(25)22(16(12)24)9-10-3-2-6-28-10/h2-8H,9H2,1H3,(H,19,25)(H,20,21,23).